The van der Waals surface area contributed by atoms with Gasteiger partial charge in [0, 0.05) is 5.56 Å². The van der Waals surface area contributed by atoms with E-state index in [2.05, 4.69) is 0 Å². The molecule has 0 amide bonds. The van der Waals surface area contributed by atoms with Crippen LogP contribution in [0, 0.1) is 23.1 Å². The normalized spacial score (nSPS) is 11.6. The summed E-state index contributed by atoms with van der Waals surface area (Å²) in [5.74, 6) is -1.48. The average Bonchev–Trinajstić information content (AvgIpc) is 2.28. The fraction of sp³-hybridized carbons (Fsp3) is 0.333. The average molecular weight is 256 g/mol. The first kappa shape index (κ1) is 13.5. The van der Waals surface area contributed by atoms with Gasteiger partial charge in [-0.15, -0.1) is 0 Å². The number of esters is 1. The van der Waals surface area contributed by atoms with Crippen LogP contribution in [0.15, 0.2) is 18.2 Å². The van der Waals surface area contributed by atoms with Crippen LogP contribution in [0.25, 0.3) is 0 Å². The van der Waals surface area contributed by atoms with Gasteiger partial charge in [0.15, 0.2) is 0 Å². The Kier molecular flexibility index (Phi) is 4.92. The summed E-state index contributed by atoms with van der Waals surface area (Å²) in [6, 6.07) is 6.15. The minimum atomic E-state index is -0.543. The maximum atomic E-state index is 13.3. The number of nitriles is 1. The lowest BCUT2D eigenvalue weighted by Crippen LogP contribution is -2.09. The second-order valence-electron chi connectivity index (χ2n) is 3.60. The van der Waals surface area contributed by atoms with E-state index in [-0.39, 0.29) is 23.6 Å². The Morgan fingerprint density at radius 3 is 2.94 bits per heavy atom. The Labute approximate surface area is 104 Å². The van der Waals surface area contributed by atoms with Crippen molar-refractivity contribution in [1.29, 1.82) is 5.26 Å². The van der Waals surface area contributed by atoms with Gasteiger partial charge in [0.1, 0.15) is 12.4 Å². The molecule has 1 atom stereocenters. The zero-order valence-electron chi connectivity index (χ0n) is 9.24. The first-order valence-electron chi connectivity index (χ1n) is 5.02. The quantitative estimate of drug-likeness (QED) is 0.777. The Bertz CT molecular complexity index is 436. The molecule has 0 aliphatic heterocycles. The van der Waals surface area contributed by atoms with Crippen LogP contribution >= 0.6 is 11.6 Å². The highest BCUT2D eigenvalue weighted by Crippen LogP contribution is 2.20. The molecule has 90 valence electrons. The van der Waals surface area contributed by atoms with Gasteiger partial charge in [-0.05, 0) is 19.1 Å². The van der Waals surface area contributed by atoms with E-state index in [1.54, 1.807) is 6.92 Å². The van der Waals surface area contributed by atoms with E-state index in [4.69, 9.17) is 21.6 Å². The first-order chi connectivity index (χ1) is 8.04. The molecule has 1 aromatic rings. The zero-order valence-corrected chi connectivity index (χ0v) is 10.00. The molecule has 0 aliphatic carbocycles. The molecule has 1 aromatic carbocycles. The molecular formula is C12H11ClFNO2. The number of halogens is 2. The van der Waals surface area contributed by atoms with Crippen molar-refractivity contribution in [2.24, 2.45) is 5.92 Å². The van der Waals surface area contributed by atoms with E-state index in [1.165, 1.54) is 18.2 Å². The lowest BCUT2D eigenvalue weighted by Gasteiger charge is -2.08. The van der Waals surface area contributed by atoms with Gasteiger partial charge in [-0.1, -0.05) is 17.7 Å². The van der Waals surface area contributed by atoms with Gasteiger partial charge < -0.3 is 4.74 Å². The maximum Gasteiger partial charge on any atom is 0.307 e. The van der Waals surface area contributed by atoms with Crippen molar-refractivity contribution in [3.63, 3.8) is 0 Å². The van der Waals surface area contributed by atoms with Crippen LogP contribution in [0.4, 0.5) is 4.39 Å². The van der Waals surface area contributed by atoms with Gasteiger partial charge in [-0.25, -0.2) is 4.39 Å². The van der Waals surface area contributed by atoms with Gasteiger partial charge in [0.2, 0.25) is 0 Å². The fourth-order valence-corrected chi connectivity index (χ4v) is 1.40. The summed E-state index contributed by atoms with van der Waals surface area (Å²) in [4.78, 5) is 11.3. The summed E-state index contributed by atoms with van der Waals surface area (Å²) in [6.07, 6.45) is -0.0113. The lowest BCUT2D eigenvalue weighted by molar-refractivity contribution is -0.145. The second-order valence-corrected chi connectivity index (χ2v) is 4.00. The number of benzene rings is 1. The molecule has 0 aromatic heterocycles. The molecule has 0 fully saturated rings. The number of carbonyl (C=O) groups excluding carboxylic acids is 1. The van der Waals surface area contributed by atoms with Crippen molar-refractivity contribution >= 4 is 17.6 Å². The summed E-state index contributed by atoms with van der Waals surface area (Å²) >= 11 is 5.76. The van der Waals surface area contributed by atoms with Gasteiger partial charge in [0.05, 0.1) is 23.4 Å². The zero-order chi connectivity index (χ0) is 12.8. The van der Waals surface area contributed by atoms with Gasteiger partial charge in [-0.3, -0.25) is 4.79 Å². The molecule has 1 rings (SSSR count). The molecule has 1 unspecified atom stereocenters. The molecule has 0 radical (unpaired) electrons. The Morgan fingerprint density at radius 2 is 2.35 bits per heavy atom. The number of ether oxygens (including phenoxy) is 1. The van der Waals surface area contributed by atoms with Crippen molar-refractivity contribution in [2.45, 2.75) is 20.0 Å². The summed E-state index contributed by atoms with van der Waals surface area (Å²) in [5, 5.41) is 8.73. The van der Waals surface area contributed by atoms with E-state index >= 15 is 0 Å². The van der Waals surface area contributed by atoms with Gasteiger partial charge in [-0.2, -0.15) is 5.26 Å². The predicted molar refractivity (Wildman–Crippen MR) is 60.6 cm³/mol. The highest BCUT2D eigenvalue weighted by Gasteiger charge is 2.12. The minimum Gasteiger partial charge on any atom is -0.461 e. The standard InChI is InChI=1S/C12H11ClFNO2/c1-8(6-15)5-12(16)17-7-9-10(13)3-2-4-11(9)14/h2-4,8H,5,7H2,1H3. The Hall–Kier alpha value is -1.60. The topological polar surface area (TPSA) is 50.1 Å². The smallest absolute Gasteiger partial charge is 0.307 e. The molecule has 0 bridgehead atoms. The third-order valence-corrected chi connectivity index (χ3v) is 2.49. The monoisotopic (exact) mass is 255 g/mol. The van der Waals surface area contributed by atoms with Crippen LogP contribution < -0.4 is 0 Å². The van der Waals surface area contributed by atoms with Crippen LogP contribution in [-0.2, 0) is 16.1 Å². The number of rotatable bonds is 4. The SMILES string of the molecule is CC(C#N)CC(=O)OCc1c(F)cccc1Cl. The predicted octanol–water partition coefficient (Wildman–Crippen LogP) is 3.07. The van der Waals surface area contributed by atoms with Crippen molar-refractivity contribution in [3.8, 4) is 6.07 Å². The number of hydrogen-bond donors (Lipinski definition) is 0. The minimum absolute atomic E-state index is 0.0113. The highest BCUT2D eigenvalue weighted by atomic mass is 35.5. The van der Waals surface area contributed by atoms with Crippen LogP contribution in [0.5, 0.6) is 0 Å². The van der Waals surface area contributed by atoms with Crippen LogP contribution in [-0.4, -0.2) is 5.97 Å². The fourth-order valence-electron chi connectivity index (χ4n) is 1.18. The molecule has 0 heterocycles. The molecule has 3 nitrogen and oxygen atoms in total. The molecule has 0 N–H and O–H groups in total. The second kappa shape index (κ2) is 6.21. The van der Waals surface area contributed by atoms with E-state index < -0.39 is 17.7 Å². The van der Waals surface area contributed by atoms with E-state index in [0.717, 1.165) is 0 Å². The van der Waals surface area contributed by atoms with E-state index in [1.807, 2.05) is 6.07 Å². The van der Waals surface area contributed by atoms with Crippen LogP contribution in [0.1, 0.15) is 18.9 Å². The van der Waals surface area contributed by atoms with Crippen molar-refractivity contribution < 1.29 is 13.9 Å². The van der Waals surface area contributed by atoms with Gasteiger partial charge >= 0.3 is 5.97 Å². The molecule has 0 saturated carbocycles. The summed E-state index contributed by atoms with van der Waals surface area (Å²) in [5.41, 5.74) is 0.145. The van der Waals surface area contributed by atoms with Crippen LogP contribution in [0.3, 0.4) is 0 Å². The van der Waals surface area contributed by atoms with Crippen molar-refractivity contribution in [2.75, 3.05) is 0 Å². The van der Waals surface area contributed by atoms with E-state index in [0.29, 0.717) is 0 Å². The van der Waals surface area contributed by atoms with Crippen molar-refractivity contribution in [1.82, 2.24) is 0 Å². The molecule has 17 heavy (non-hydrogen) atoms. The number of hydrogen-bond acceptors (Lipinski definition) is 3. The third-order valence-electron chi connectivity index (χ3n) is 2.13. The van der Waals surface area contributed by atoms with Gasteiger partial charge in [0.25, 0.3) is 0 Å². The van der Waals surface area contributed by atoms with Crippen molar-refractivity contribution in [3.05, 3.63) is 34.6 Å². The number of nitrogens with zero attached hydrogens (tertiary/aromatic N) is 1. The molecule has 0 aliphatic rings. The summed E-state index contributed by atoms with van der Waals surface area (Å²) < 4.78 is 18.1. The molecular weight excluding hydrogens is 245 g/mol. The van der Waals surface area contributed by atoms with E-state index in [9.17, 15) is 9.18 Å². The third kappa shape index (κ3) is 4.04. The number of carbonyl (C=O) groups is 1. The highest BCUT2D eigenvalue weighted by molar-refractivity contribution is 6.31. The molecule has 0 spiro atoms. The molecule has 5 heteroatoms. The lowest BCUT2D eigenvalue weighted by atomic mass is 10.1. The maximum absolute atomic E-state index is 13.3. The Balaban J connectivity index is 2.57. The first-order valence-corrected chi connectivity index (χ1v) is 5.40. The Morgan fingerprint density at radius 1 is 1.65 bits per heavy atom. The summed E-state index contributed by atoms with van der Waals surface area (Å²) in [7, 11) is 0. The van der Waals surface area contributed by atoms with Crippen LogP contribution in [0.2, 0.25) is 5.02 Å². The summed E-state index contributed by atoms with van der Waals surface area (Å²) in [6.45, 7) is 1.39. The molecule has 0 saturated heterocycles. The largest absolute Gasteiger partial charge is 0.461 e.